The van der Waals surface area contributed by atoms with Crippen molar-refractivity contribution < 1.29 is 22.7 Å². The van der Waals surface area contributed by atoms with Gasteiger partial charge in [-0.3, -0.25) is 4.79 Å². The Morgan fingerprint density at radius 2 is 1.57 bits per heavy atom. The maximum atomic E-state index is 12.5. The Morgan fingerprint density at radius 3 is 2.07 bits per heavy atom. The van der Waals surface area contributed by atoms with Gasteiger partial charge in [-0.15, -0.1) is 0 Å². The van der Waals surface area contributed by atoms with E-state index in [4.69, 9.17) is 9.47 Å². The lowest BCUT2D eigenvalue weighted by Gasteiger charge is -2.13. The van der Waals surface area contributed by atoms with E-state index in [-0.39, 0.29) is 16.8 Å². The van der Waals surface area contributed by atoms with Gasteiger partial charge in [-0.2, -0.15) is 0 Å². The second-order valence-corrected chi connectivity index (χ2v) is 8.18. The Bertz CT molecular complexity index is 886. The number of carbonyl (C=O) groups is 1. The Morgan fingerprint density at radius 1 is 1.00 bits per heavy atom. The molecule has 0 aliphatic rings. The van der Waals surface area contributed by atoms with E-state index in [9.17, 15) is 13.2 Å². The fourth-order valence-electron chi connectivity index (χ4n) is 2.70. The first kappa shape index (κ1) is 21.7. The van der Waals surface area contributed by atoms with Crippen LogP contribution in [0.3, 0.4) is 0 Å². The van der Waals surface area contributed by atoms with Gasteiger partial charge in [-0.05, 0) is 50.1 Å². The third kappa shape index (κ3) is 5.46. The van der Waals surface area contributed by atoms with E-state index in [1.54, 1.807) is 56.3 Å². The van der Waals surface area contributed by atoms with Gasteiger partial charge in [0, 0.05) is 12.6 Å². The largest absolute Gasteiger partial charge is 0.496 e. The average molecular weight is 407 g/mol. The minimum atomic E-state index is -3.51. The predicted octanol–water partition coefficient (Wildman–Crippen LogP) is 2.36. The summed E-state index contributed by atoms with van der Waals surface area (Å²) in [6.45, 7) is 3.92. The summed E-state index contributed by atoms with van der Waals surface area (Å²) in [4.78, 5) is 12.7. The van der Waals surface area contributed by atoms with Crippen LogP contribution in [0.1, 0.15) is 29.8 Å². The molecule has 0 bridgehead atoms. The molecule has 0 unspecified atom stereocenters. The minimum absolute atomic E-state index is 0.174. The highest BCUT2D eigenvalue weighted by Gasteiger charge is 2.18. The highest BCUT2D eigenvalue weighted by molar-refractivity contribution is 7.89. The molecular formula is C20H26N2O5S. The molecule has 0 aliphatic carbocycles. The molecule has 2 N–H and O–H groups in total. The zero-order valence-electron chi connectivity index (χ0n) is 16.5. The molecule has 28 heavy (non-hydrogen) atoms. The van der Waals surface area contributed by atoms with Crippen molar-refractivity contribution in [1.82, 2.24) is 10.0 Å². The van der Waals surface area contributed by atoms with E-state index in [2.05, 4.69) is 10.0 Å². The Balaban J connectivity index is 2.00. The topological polar surface area (TPSA) is 93.7 Å². The van der Waals surface area contributed by atoms with Gasteiger partial charge in [0.25, 0.3) is 5.91 Å². The number of methoxy groups -OCH3 is 2. The number of sulfonamides is 1. The van der Waals surface area contributed by atoms with Crippen LogP contribution in [0.4, 0.5) is 0 Å². The molecule has 0 fully saturated rings. The number of rotatable bonds is 9. The van der Waals surface area contributed by atoms with Gasteiger partial charge < -0.3 is 14.8 Å². The summed E-state index contributed by atoms with van der Waals surface area (Å²) >= 11 is 0. The number of amides is 1. The first-order valence-corrected chi connectivity index (χ1v) is 10.4. The molecule has 0 radical (unpaired) electrons. The van der Waals surface area contributed by atoms with Crippen molar-refractivity contribution in [2.24, 2.45) is 0 Å². The Kier molecular flexibility index (Phi) is 7.42. The summed E-state index contributed by atoms with van der Waals surface area (Å²) in [6, 6.07) is 11.6. The first-order valence-electron chi connectivity index (χ1n) is 8.89. The van der Waals surface area contributed by atoms with Crippen molar-refractivity contribution in [3.8, 4) is 11.5 Å². The lowest BCUT2D eigenvalue weighted by Crippen LogP contribution is -2.30. The molecule has 0 aromatic heterocycles. The van der Waals surface area contributed by atoms with Crippen molar-refractivity contribution in [3.05, 3.63) is 53.6 Å². The number of benzene rings is 2. The van der Waals surface area contributed by atoms with Gasteiger partial charge >= 0.3 is 0 Å². The minimum Gasteiger partial charge on any atom is -0.496 e. The third-order valence-electron chi connectivity index (χ3n) is 3.98. The van der Waals surface area contributed by atoms with E-state index < -0.39 is 10.0 Å². The summed E-state index contributed by atoms with van der Waals surface area (Å²) in [5.41, 5.74) is 1.25. The Labute approximate surface area is 166 Å². The molecule has 2 aromatic carbocycles. The first-order chi connectivity index (χ1) is 13.3. The highest BCUT2D eigenvalue weighted by atomic mass is 32.2. The molecule has 0 saturated carbocycles. The van der Waals surface area contributed by atoms with Crippen molar-refractivity contribution in [3.63, 3.8) is 0 Å². The summed E-state index contributed by atoms with van der Waals surface area (Å²) < 4.78 is 37.3. The quantitative estimate of drug-likeness (QED) is 0.667. The van der Waals surface area contributed by atoms with Crippen molar-refractivity contribution in [2.75, 3.05) is 20.8 Å². The molecule has 0 spiro atoms. The van der Waals surface area contributed by atoms with Crippen molar-refractivity contribution in [1.29, 1.82) is 0 Å². The summed E-state index contributed by atoms with van der Waals surface area (Å²) in [6.07, 6.45) is 0.557. The molecule has 0 aliphatic heterocycles. The van der Waals surface area contributed by atoms with Crippen LogP contribution in [0.15, 0.2) is 47.4 Å². The van der Waals surface area contributed by atoms with E-state index in [1.807, 2.05) is 0 Å². The zero-order valence-corrected chi connectivity index (χ0v) is 17.3. The van der Waals surface area contributed by atoms with Crippen molar-refractivity contribution >= 4 is 15.9 Å². The lowest BCUT2D eigenvalue weighted by molar-refractivity contribution is 0.0948. The molecule has 2 aromatic rings. The fraction of sp³-hybridized carbons (Fsp3) is 0.350. The summed E-state index contributed by atoms with van der Waals surface area (Å²) in [7, 11) is -0.519. The zero-order chi connectivity index (χ0) is 20.7. The normalized spacial score (nSPS) is 11.3. The number of nitrogens with one attached hydrogen (secondary N) is 2. The van der Waals surface area contributed by atoms with Crippen LogP contribution < -0.4 is 19.5 Å². The molecule has 0 saturated heterocycles. The molecule has 7 nitrogen and oxygen atoms in total. The molecule has 2 rings (SSSR count). The molecule has 1 amide bonds. The van der Waals surface area contributed by atoms with Crippen LogP contribution in [-0.4, -0.2) is 41.1 Å². The molecule has 0 heterocycles. The molecule has 152 valence electrons. The van der Waals surface area contributed by atoms with Gasteiger partial charge in [0.15, 0.2) is 0 Å². The monoisotopic (exact) mass is 406 g/mol. The van der Waals surface area contributed by atoms with E-state index in [0.29, 0.717) is 30.0 Å². The smallest absolute Gasteiger partial charge is 0.258 e. The van der Waals surface area contributed by atoms with Gasteiger partial charge in [-0.25, -0.2) is 13.1 Å². The third-order valence-corrected chi connectivity index (χ3v) is 5.65. The summed E-state index contributed by atoms with van der Waals surface area (Å²) in [5.74, 6) is 0.572. The second-order valence-electron chi connectivity index (χ2n) is 6.46. The van der Waals surface area contributed by atoms with Crippen LogP contribution in [0.2, 0.25) is 0 Å². The molecule has 0 atom stereocenters. The lowest BCUT2D eigenvalue weighted by atomic mass is 10.1. The highest BCUT2D eigenvalue weighted by Crippen LogP contribution is 2.27. The number of ether oxygens (including phenoxy) is 2. The maximum absolute atomic E-state index is 12.5. The predicted molar refractivity (Wildman–Crippen MR) is 107 cm³/mol. The van der Waals surface area contributed by atoms with E-state index >= 15 is 0 Å². The van der Waals surface area contributed by atoms with Crippen LogP contribution in [0.25, 0.3) is 0 Å². The van der Waals surface area contributed by atoms with Gasteiger partial charge in [-0.1, -0.05) is 18.2 Å². The van der Waals surface area contributed by atoms with Crippen LogP contribution in [0.5, 0.6) is 11.5 Å². The maximum Gasteiger partial charge on any atom is 0.258 e. The number of hydrogen-bond donors (Lipinski definition) is 2. The Hall–Kier alpha value is -2.58. The van der Waals surface area contributed by atoms with Crippen LogP contribution >= 0.6 is 0 Å². The van der Waals surface area contributed by atoms with E-state index in [0.717, 1.165) is 5.56 Å². The van der Waals surface area contributed by atoms with Gasteiger partial charge in [0.2, 0.25) is 10.0 Å². The van der Waals surface area contributed by atoms with E-state index in [1.165, 1.54) is 14.2 Å². The second kappa shape index (κ2) is 9.57. The standard InChI is InChI=1S/C20H26N2O5S/c1-14(2)22-28(24,25)16-10-8-15(9-11-16)12-13-21-20(23)19-17(26-3)6-5-7-18(19)27-4/h5-11,14,22H,12-13H2,1-4H3,(H,21,23). The van der Waals surface area contributed by atoms with Gasteiger partial charge in [0.1, 0.15) is 17.1 Å². The molecular weight excluding hydrogens is 380 g/mol. The summed E-state index contributed by atoms with van der Waals surface area (Å²) in [5, 5.41) is 2.84. The average Bonchev–Trinajstić information content (AvgIpc) is 2.66. The van der Waals surface area contributed by atoms with Crippen molar-refractivity contribution in [2.45, 2.75) is 31.2 Å². The SMILES string of the molecule is COc1cccc(OC)c1C(=O)NCCc1ccc(S(=O)(=O)NC(C)C)cc1. The van der Waals surface area contributed by atoms with Crippen LogP contribution in [-0.2, 0) is 16.4 Å². The molecule has 8 heteroatoms. The van der Waals surface area contributed by atoms with Gasteiger partial charge in [0.05, 0.1) is 19.1 Å². The van der Waals surface area contributed by atoms with Crippen LogP contribution in [0, 0.1) is 0 Å². The number of carbonyl (C=O) groups excluding carboxylic acids is 1. The number of hydrogen-bond acceptors (Lipinski definition) is 5. The fourth-order valence-corrected chi connectivity index (χ4v) is 3.95.